The van der Waals surface area contributed by atoms with Crippen LogP contribution in [0.2, 0.25) is 0 Å². The summed E-state index contributed by atoms with van der Waals surface area (Å²) >= 11 is 4.80. The van der Waals surface area contributed by atoms with Crippen molar-refractivity contribution < 1.29 is 14.3 Å². The summed E-state index contributed by atoms with van der Waals surface area (Å²) in [6, 6.07) is 3.68. The molecular weight excluding hydrogens is 267 g/mol. The standard InChI is InChI=1S/C13H15FN2O2S/c14-11-7-9(17)3-4-10(11)13(18)16(8-1-2-8)6-5-12(15)19/h3-4,7-8,17H,1-2,5-6H2,(H2,15,19). The number of nitrogens with two attached hydrogens (primary N) is 1. The highest BCUT2D eigenvalue weighted by molar-refractivity contribution is 7.80. The van der Waals surface area contributed by atoms with Crippen LogP contribution in [0.3, 0.4) is 0 Å². The quantitative estimate of drug-likeness (QED) is 0.808. The topological polar surface area (TPSA) is 66.6 Å². The van der Waals surface area contributed by atoms with E-state index in [1.54, 1.807) is 4.90 Å². The third-order valence-corrected chi connectivity index (χ3v) is 3.23. The number of carbonyl (C=O) groups is 1. The minimum absolute atomic E-state index is 0.0346. The first-order valence-corrected chi connectivity index (χ1v) is 6.47. The maximum atomic E-state index is 13.7. The van der Waals surface area contributed by atoms with Crippen LogP contribution in [0.5, 0.6) is 5.75 Å². The van der Waals surface area contributed by atoms with Crippen LogP contribution in [-0.2, 0) is 0 Å². The van der Waals surface area contributed by atoms with E-state index in [1.165, 1.54) is 12.1 Å². The zero-order chi connectivity index (χ0) is 14.0. The van der Waals surface area contributed by atoms with Crippen LogP contribution in [0.4, 0.5) is 4.39 Å². The van der Waals surface area contributed by atoms with Crippen LogP contribution in [0.25, 0.3) is 0 Å². The third-order valence-electron chi connectivity index (χ3n) is 3.03. The highest BCUT2D eigenvalue weighted by Crippen LogP contribution is 2.29. The second-order valence-corrected chi connectivity index (χ2v) is 5.13. The molecule has 0 radical (unpaired) electrons. The van der Waals surface area contributed by atoms with Gasteiger partial charge < -0.3 is 15.7 Å². The normalized spacial score (nSPS) is 14.2. The van der Waals surface area contributed by atoms with Crippen molar-refractivity contribution in [3.8, 4) is 5.75 Å². The highest BCUT2D eigenvalue weighted by Gasteiger charge is 2.33. The van der Waals surface area contributed by atoms with E-state index in [9.17, 15) is 9.18 Å². The van der Waals surface area contributed by atoms with Gasteiger partial charge in [0.15, 0.2) is 0 Å². The van der Waals surface area contributed by atoms with Gasteiger partial charge in [0.25, 0.3) is 5.91 Å². The Kier molecular flexibility index (Phi) is 3.99. The molecule has 3 N–H and O–H groups in total. The summed E-state index contributed by atoms with van der Waals surface area (Å²) in [5.41, 5.74) is 5.40. The maximum absolute atomic E-state index is 13.7. The Hall–Kier alpha value is -1.69. The number of phenols is 1. The van der Waals surface area contributed by atoms with Crippen LogP contribution in [-0.4, -0.2) is 33.5 Å². The second-order valence-electron chi connectivity index (χ2n) is 4.61. The summed E-state index contributed by atoms with van der Waals surface area (Å²) in [5, 5.41) is 9.16. The molecule has 4 nitrogen and oxygen atoms in total. The zero-order valence-electron chi connectivity index (χ0n) is 10.3. The molecule has 0 heterocycles. The third kappa shape index (κ3) is 3.41. The van der Waals surface area contributed by atoms with E-state index in [-0.39, 0.29) is 23.3 Å². The van der Waals surface area contributed by atoms with E-state index in [2.05, 4.69) is 0 Å². The molecule has 102 valence electrons. The Morgan fingerprint density at radius 2 is 2.21 bits per heavy atom. The van der Waals surface area contributed by atoms with Crippen molar-refractivity contribution >= 4 is 23.1 Å². The van der Waals surface area contributed by atoms with Crippen molar-refractivity contribution in [1.29, 1.82) is 0 Å². The average Bonchev–Trinajstić information content (AvgIpc) is 3.13. The van der Waals surface area contributed by atoms with Gasteiger partial charge in [-0.1, -0.05) is 12.2 Å². The number of rotatable bonds is 5. The van der Waals surface area contributed by atoms with Crippen molar-refractivity contribution in [2.75, 3.05) is 6.54 Å². The van der Waals surface area contributed by atoms with Gasteiger partial charge in [-0.15, -0.1) is 0 Å². The average molecular weight is 282 g/mol. The van der Waals surface area contributed by atoms with Crippen LogP contribution in [0.15, 0.2) is 18.2 Å². The van der Waals surface area contributed by atoms with Crippen LogP contribution in [0, 0.1) is 5.82 Å². The summed E-state index contributed by atoms with van der Waals surface area (Å²) in [4.78, 5) is 14.2. The molecule has 2 rings (SSSR count). The van der Waals surface area contributed by atoms with E-state index in [1.807, 2.05) is 0 Å². The lowest BCUT2D eigenvalue weighted by Gasteiger charge is -2.22. The van der Waals surface area contributed by atoms with Gasteiger partial charge in [-0.3, -0.25) is 4.79 Å². The Balaban J connectivity index is 2.16. The fourth-order valence-corrected chi connectivity index (χ4v) is 1.99. The molecule has 0 aliphatic heterocycles. The number of hydrogen-bond acceptors (Lipinski definition) is 3. The van der Waals surface area contributed by atoms with E-state index in [0.29, 0.717) is 18.0 Å². The second kappa shape index (κ2) is 5.52. The smallest absolute Gasteiger partial charge is 0.257 e. The molecule has 6 heteroatoms. The SMILES string of the molecule is NC(=S)CCN(C(=O)c1ccc(O)cc1F)C1CC1. The fraction of sp³-hybridized carbons (Fsp3) is 0.385. The Labute approximate surface area is 116 Å². The molecule has 1 saturated carbocycles. The summed E-state index contributed by atoms with van der Waals surface area (Å²) in [7, 11) is 0. The molecule has 1 aromatic carbocycles. The van der Waals surface area contributed by atoms with Gasteiger partial charge in [-0.25, -0.2) is 4.39 Å². The molecule has 1 aliphatic rings. The van der Waals surface area contributed by atoms with Crippen molar-refractivity contribution in [3.05, 3.63) is 29.6 Å². The monoisotopic (exact) mass is 282 g/mol. The zero-order valence-corrected chi connectivity index (χ0v) is 11.1. The summed E-state index contributed by atoms with van der Waals surface area (Å²) in [5.74, 6) is -1.29. The number of aromatic hydroxyl groups is 1. The van der Waals surface area contributed by atoms with E-state index in [0.717, 1.165) is 18.9 Å². The lowest BCUT2D eigenvalue weighted by molar-refractivity contribution is 0.0743. The fourth-order valence-electron chi connectivity index (χ4n) is 1.90. The number of thiocarbonyl (C=S) groups is 1. The Morgan fingerprint density at radius 1 is 1.53 bits per heavy atom. The number of nitrogens with zero attached hydrogens (tertiary/aromatic N) is 1. The van der Waals surface area contributed by atoms with Crippen LogP contribution in [0.1, 0.15) is 29.6 Å². The first-order valence-electron chi connectivity index (χ1n) is 6.07. The molecule has 19 heavy (non-hydrogen) atoms. The molecule has 0 unspecified atom stereocenters. The molecule has 1 aliphatic carbocycles. The van der Waals surface area contributed by atoms with Gasteiger partial charge in [0.05, 0.1) is 10.6 Å². The van der Waals surface area contributed by atoms with Crippen molar-refractivity contribution in [3.63, 3.8) is 0 Å². The molecule has 1 fully saturated rings. The molecule has 1 aromatic rings. The maximum Gasteiger partial charge on any atom is 0.257 e. The van der Waals surface area contributed by atoms with Gasteiger partial charge in [0, 0.05) is 25.1 Å². The highest BCUT2D eigenvalue weighted by atomic mass is 32.1. The summed E-state index contributed by atoms with van der Waals surface area (Å²) < 4.78 is 13.7. The van der Waals surface area contributed by atoms with Crippen molar-refractivity contribution in [2.45, 2.75) is 25.3 Å². The minimum Gasteiger partial charge on any atom is -0.508 e. The largest absolute Gasteiger partial charge is 0.508 e. The van der Waals surface area contributed by atoms with Gasteiger partial charge in [0.1, 0.15) is 11.6 Å². The van der Waals surface area contributed by atoms with Gasteiger partial charge in [-0.05, 0) is 25.0 Å². The lowest BCUT2D eigenvalue weighted by atomic mass is 10.1. The summed E-state index contributed by atoms with van der Waals surface area (Å²) in [6.07, 6.45) is 2.27. The van der Waals surface area contributed by atoms with Crippen molar-refractivity contribution in [2.24, 2.45) is 5.73 Å². The van der Waals surface area contributed by atoms with Gasteiger partial charge >= 0.3 is 0 Å². The number of phenolic OH excluding ortho intramolecular Hbond substituents is 1. The predicted molar refractivity (Wildman–Crippen MR) is 73.5 cm³/mol. The number of amides is 1. The Bertz CT molecular complexity index is 517. The molecular formula is C13H15FN2O2S. The minimum atomic E-state index is -0.717. The molecule has 1 amide bonds. The van der Waals surface area contributed by atoms with Gasteiger partial charge in [-0.2, -0.15) is 0 Å². The first kappa shape index (κ1) is 13.7. The number of hydrogen-bond donors (Lipinski definition) is 2. The molecule has 0 saturated heterocycles. The van der Waals surface area contributed by atoms with E-state index in [4.69, 9.17) is 23.1 Å². The number of halogens is 1. The summed E-state index contributed by atoms with van der Waals surface area (Å²) in [6.45, 7) is 0.402. The Morgan fingerprint density at radius 3 is 2.74 bits per heavy atom. The van der Waals surface area contributed by atoms with E-state index >= 15 is 0 Å². The molecule has 0 spiro atoms. The lowest BCUT2D eigenvalue weighted by Crippen LogP contribution is -2.36. The van der Waals surface area contributed by atoms with Gasteiger partial charge in [0.2, 0.25) is 0 Å². The van der Waals surface area contributed by atoms with Crippen LogP contribution < -0.4 is 5.73 Å². The first-order chi connectivity index (χ1) is 8.99. The van der Waals surface area contributed by atoms with Crippen molar-refractivity contribution in [1.82, 2.24) is 4.90 Å². The molecule has 0 bridgehead atoms. The van der Waals surface area contributed by atoms with Crippen LogP contribution >= 0.6 is 12.2 Å². The van der Waals surface area contributed by atoms with E-state index < -0.39 is 5.82 Å². The molecule has 0 aromatic heterocycles. The number of benzene rings is 1. The molecule has 0 atom stereocenters. The predicted octanol–water partition coefficient (Wildman–Crippen LogP) is 1.81. The number of carbonyl (C=O) groups excluding carboxylic acids is 1.